The van der Waals surface area contributed by atoms with Gasteiger partial charge >= 0.3 is 5.97 Å². The molecule has 1 aliphatic rings. The van der Waals surface area contributed by atoms with Crippen LogP contribution in [0.25, 0.3) is 0 Å². The van der Waals surface area contributed by atoms with Gasteiger partial charge in [-0.25, -0.2) is 9.18 Å². The molecule has 7 heteroatoms. The second kappa shape index (κ2) is 8.03. The first-order chi connectivity index (χ1) is 11.0. The molecular formula is C16H20FNO5. The summed E-state index contributed by atoms with van der Waals surface area (Å²) in [4.78, 5) is 25.0. The molecule has 1 heterocycles. The Kier molecular flexibility index (Phi) is 6.06. The van der Waals surface area contributed by atoms with Crippen LogP contribution in [0.4, 0.5) is 4.39 Å². The smallest absolute Gasteiger partial charge is 0.326 e. The zero-order chi connectivity index (χ0) is 16.8. The lowest BCUT2D eigenvalue weighted by Gasteiger charge is -2.21. The van der Waals surface area contributed by atoms with Gasteiger partial charge in [-0.2, -0.15) is 0 Å². The minimum atomic E-state index is -1.01. The van der Waals surface area contributed by atoms with Gasteiger partial charge < -0.3 is 19.5 Å². The summed E-state index contributed by atoms with van der Waals surface area (Å²) in [5.74, 6) is -1.87. The van der Waals surface area contributed by atoms with Crippen molar-refractivity contribution < 1.29 is 28.6 Å². The first kappa shape index (κ1) is 17.4. The van der Waals surface area contributed by atoms with Gasteiger partial charge in [0.15, 0.2) is 0 Å². The van der Waals surface area contributed by atoms with Crippen LogP contribution < -0.4 is 0 Å². The number of rotatable bonds is 7. The number of carbonyl (C=O) groups excluding carboxylic acids is 1. The standard InChI is InChI=1S/C16H20FNO5/c1-22-7-8-23-10-12-9-11(4-5-13(12)17)15(19)18-6-2-3-14(18)16(20)21/h4-5,9,14H,2-3,6-8,10H2,1H3,(H,20,21)/t14-/m1/s1. The minimum Gasteiger partial charge on any atom is -0.480 e. The number of methoxy groups -OCH3 is 1. The third-order valence-corrected chi connectivity index (χ3v) is 3.78. The highest BCUT2D eigenvalue weighted by molar-refractivity contribution is 5.97. The average molecular weight is 325 g/mol. The molecule has 2 rings (SSSR count). The van der Waals surface area contributed by atoms with Gasteiger partial charge in [-0.15, -0.1) is 0 Å². The van der Waals surface area contributed by atoms with E-state index in [4.69, 9.17) is 14.6 Å². The Morgan fingerprint density at radius 3 is 2.87 bits per heavy atom. The van der Waals surface area contributed by atoms with E-state index in [9.17, 15) is 14.0 Å². The molecule has 0 aliphatic carbocycles. The number of amides is 1. The molecule has 1 aromatic carbocycles. The third-order valence-electron chi connectivity index (χ3n) is 3.78. The molecule has 1 atom stereocenters. The van der Waals surface area contributed by atoms with Crippen molar-refractivity contribution >= 4 is 11.9 Å². The summed E-state index contributed by atoms with van der Waals surface area (Å²) in [6, 6.07) is 3.18. The van der Waals surface area contributed by atoms with Gasteiger partial charge in [-0.1, -0.05) is 0 Å². The van der Waals surface area contributed by atoms with Gasteiger partial charge in [0.25, 0.3) is 5.91 Å². The second-order valence-corrected chi connectivity index (χ2v) is 5.35. The molecule has 6 nitrogen and oxygen atoms in total. The van der Waals surface area contributed by atoms with Gasteiger partial charge in [-0.3, -0.25) is 4.79 Å². The molecule has 23 heavy (non-hydrogen) atoms. The number of carboxylic acid groups (broad SMARTS) is 1. The van der Waals surface area contributed by atoms with Crippen LogP contribution in [-0.4, -0.2) is 54.8 Å². The molecule has 1 fully saturated rings. The number of benzene rings is 1. The van der Waals surface area contributed by atoms with E-state index >= 15 is 0 Å². The highest BCUT2D eigenvalue weighted by atomic mass is 19.1. The number of ether oxygens (including phenoxy) is 2. The van der Waals surface area contributed by atoms with E-state index in [0.717, 1.165) is 0 Å². The summed E-state index contributed by atoms with van der Waals surface area (Å²) < 4.78 is 23.9. The lowest BCUT2D eigenvalue weighted by molar-refractivity contribution is -0.141. The molecule has 126 valence electrons. The van der Waals surface area contributed by atoms with E-state index in [-0.39, 0.29) is 17.7 Å². The molecule has 1 amide bonds. The van der Waals surface area contributed by atoms with E-state index in [1.165, 1.54) is 30.2 Å². The van der Waals surface area contributed by atoms with Crippen LogP contribution in [0.2, 0.25) is 0 Å². The first-order valence-corrected chi connectivity index (χ1v) is 7.43. The molecule has 1 N–H and O–H groups in total. The number of halogens is 1. The molecule has 1 aliphatic heterocycles. The van der Waals surface area contributed by atoms with E-state index < -0.39 is 23.7 Å². The van der Waals surface area contributed by atoms with E-state index in [0.29, 0.717) is 32.6 Å². The summed E-state index contributed by atoms with van der Waals surface area (Å²) >= 11 is 0. The van der Waals surface area contributed by atoms with Gasteiger partial charge in [0.2, 0.25) is 0 Å². The van der Waals surface area contributed by atoms with Crippen LogP contribution in [-0.2, 0) is 20.9 Å². The van der Waals surface area contributed by atoms with Gasteiger partial charge in [0.1, 0.15) is 11.9 Å². The Morgan fingerprint density at radius 1 is 1.39 bits per heavy atom. The number of carboxylic acids is 1. The highest BCUT2D eigenvalue weighted by Crippen LogP contribution is 2.21. The number of aliphatic carboxylic acids is 1. The Hall–Kier alpha value is -1.99. The zero-order valence-corrected chi connectivity index (χ0v) is 13.0. The monoisotopic (exact) mass is 325 g/mol. The van der Waals surface area contributed by atoms with Crippen molar-refractivity contribution in [3.05, 3.63) is 35.1 Å². The maximum atomic E-state index is 13.8. The number of hydrogen-bond acceptors (Lipinski definition) is 4. The van der Waals surface area contributed by atoms with Crippen LogP contribution in [0.1, 0.15) is 28.8 Å². The number of likely N-dealkylation sites (tertiary alicyclic amines) is 1. The molecule has 0 saturated carbocycles. The maximum absolute atomic E-state index is 13.8. The lowest BCUT2D eigenvalue weighted by atomic mass is 10.1. The van der Waals surface area contributed by atoms with Crippen LogP contribution in [0, 0.1) is 5.82 Å². The van der Waals surface area contributed by atoms with Gasteiger partial charge in [0.05, 0.1) is 19.8 Å². The predicted molar refractivity (Wildman–Crippen MR) is 79.6 cm³/mol. The molecule has 0 radical (unpaired) electrons. The van der Waals surface area contributed by atoms with Crippen molar-refractivity contribution in [2.24, 2.45) is 0 Å². The molecule has 0 unspecified atom stereocenters. The average Bonchev–Trinajstić information content (AvgIpc) is 3.02. The van der Waals surface area contributed by atoms with Crippen molar-refractivity contribution in [2.75, 3.05) is 26.9 Å². The fraction of sp³-hybridized carbons (Fsp3) is 0.500. The summed E-state index contributed by atoms with van der Waals surface area (Å²) in [5, 5.41) is 9.16. The first-order valence-electron chi connectivity index (χ1n) is 7.43. The highest BCUT2D eigenvalue weighted by Gasteiger charge is 2.34. The fourth-order valence-electron chi connectivity index (χ4n) is 2.58. The van der Waals surface area contributed by atoms with Crippen molar-refractivity contribution in [1.82, 2.24) is 4.90 Å². The SMILES string of the molecule is COCCOCc1cc(C(=O)N2CCC[C@@H]2C(=O)O)ccc1F. The molecule has 1 saturated heterocycles. The predicted octanol–water partition coefficient (Wildman–Crippen LogP) is 1.68. The van der Waals surface area contributed by atoms with E-state index in [1.807, 2.05) is 0 Å². The van der Waals surface area contributed by atoms with Crippen LogP contribution >= 0.6 is 0 Å². The lowest BCUT2D eigenvalue weighted by Crippen LogP contribution is -2.40. The van der Waals surface area contributed by atoms with Crippen molar-refractivity contribution in [3.8, 4) is 0 Å². The minimum absolute atomic E-state index is 0.0265. The van der Waals surface area contributed by atoms with Gasteiger partial charge in [0, 0.05) is 24.8 Å². The molecule has 0 aromatic heterocycles. The largest absolute Gasteiger partial charge is 0.480 e. The molecule has 0 bridgehead atoms. The summed E-state index contributed by atoms with van der Waals surface area (Å²) in [6.07, 6.45) is 1.09. The zero-order valence-electron chi connectivity index (χ0n) is 13.0. The number of hydrogen-bond donors (Lipinski definition) is 1. The second-order valence-electron chi connectivity index (χ2n) is 5.35. The Labute approximate surface area is 133 Å². The fourth-order valence-corrected chi connectivity index (χ4v) is 2.58. The Bertz CT molecular complexity index is 578. The van der Waals surface area contributed by atoms with Crippen LogP contribution in [0.15, 0.2) is 18.2 Å². The Balaban J connectivity index is 2.10. The summed E-state index contributed by atoms with van der Waals surface area (Å²) in [7, 11) is 1.54. The number of carbonyl (C=O) groups is 2. The molecule has 0 spiro atoms. The molecular weight excluding hydrogens is 305 g/mol. The van der Waals surface area contributed by atoms with Crippen molar-refractivity contribution in [2.45, 2.75) is 25.5 Å². The van der Waals surface area contributed by atoms with E-state index in [1.54, 1.807) is 0 Å². The topological polar surface area (TPSA) is 76.1 Å². The van der Waals surface area contributed by atoms with Crippen molar-refractivity contribution in [3.63, 3.8) is 0 Å². The van der Waals surface area contributed by atoms with Crippen LogP contribution in [0.5, 0.6) is 0 Å². The molecule has 1 aromatic rings. The van der Waals surface area contributed by atoms with E-state index in [2.05, 4.69) is 0 Å². The van der Waals surface area contributed by atoms with Crippen LogP contribution in [0.3, 0.4) is 0 Å². The van der Waals surface area contributed by atoms with Crippen molar-refractivity contribution in [1.29, 1.82) is 0 Å². The number of nitrogens with zero attached hydrogens (tertiary/aromatic N) is 1. The summed E-state index contributed by atoms with van der Waals surface area (Å²) in [6.45, 7) is 1.14. The van der Waals surface area contributed by atoms with Gasteiger partial charge in [-0.05, 0) is 31.0 Å². The maximum Gasteiger partial charge on any atom is 0.326 e. The third kappa shape index (κ3) is 4.27. The Morgan fingerprint density at radius 2 is 2.17 bits per heavy atom. The normalized spacial score (nSPS) is 17.5. The summed E-state index contributed by atoms with van der Waals surface area (Å²) in [5.41, 5.74) is 0.530. The quantitative estimate of drug-likeness (QED) is 0.772.